The van der Waals surface area contributed by atoms with Gasteiger partial charge in [0.1, 0.15) is 5.75 Å². The molecule has 1 heterocycles. The van der Waals surface area contributed by atoms with Gasteiger partial charge < -0.3 is 9.15 Å². The Bertz CT molecular complexity index is 459. The summed E-state index contributed by atoms with van der Waals surface area (Å²) in [5, 5.41) is 7.88. The molecule has 0 bridgehead atoms. The van der Waals surface area contributed by atoms with Crippen LogP contribution in [0.3, 0.4) is 0 Å². The zero-order valence-corrected chi connectivity index (χ0v) is 11.1. The maximum Gasteiger partial charge on any atom is 0.253 e. The molecule has 0 aliphatic carbocycles. The standard InChI is InChI=1S/C12H13BrN2O2/c1-2-10(13)12-15-14-11(17-12)8-16-9-6-4-3-5-7-9/h3-7,10H,2,8H2,1H3. The molecule has 4 nitrogen and oxygen atoms in total. The van der Waals surface area contributed by atoms with E-state index >= 15 is 0 Å². The van der Waals surface area contributed by atoms with E-state index in [1.165, 1.54) is 0 Å². The first-order chi connectivity index (χ1) is 8.29. The Morgan fingerprint density at radius 1 is 1.29 bits per heavy atom. The number of para-hydroxylation sites is 1. The molecule has 1 unspecified atom stereocenters. The number of ether oxygens (including phenoxy) is 1. The van der Waals surface area contributed by atoms with E-state index in [9.17, 15) is 0 Å². The number of hydrogen-bond donors (Lipinski definition) is 0. The van der Waals surface area contributed by atoms with Gasteiger partial charge in [-0.05, 0) is 18.6 Å². The fraction of sp³-hybridized carbons (Fsp3) is 0.333. The van der Waals surface area contributed by atoms with Crippen LogP contribution < -0.4 is 4.74 Å². The van der Waals surface area contributed by atoms with Crippen molar-refractivity contribution >= 4 is 15.9 Å². The van der Waals surface area contributed by atoms with Crippen molar-refractivity contribution in [2.24, 2.45) is 0 Å². The number of alkyl halides is 1. The molecule has 1 aromatic heterocycles. The number of rotatable bonds is 5. The first-order valence-corrected chi connectivity index (χ1v) is 6.35. The zero-order valence-electron chi connectivity index (χ0n) is 9.47. The van der Waals surface area contributed by atoms with Crippen LogP contribution in [0.25, 0.3) is 0 Å². The van der Waals surface area contributed by atoms with Crippen molar-refractivity contribution in [1.29, 1.82) is 0 Å². The normalized spacial score (nSPS) is 12.4. The first-order valence-electron chi connectivity index (χ1n) is 5.43. The molecular weight excluding hydrogens is 284 g/mol. The van der Waals surface area contributed by atoms with Crippen LogP contribution in [-0.4, -0.2) is 10.2 Å². The molecule has 0 saturated heterocycles. The van der Waals surface area contributed by atoms with Crippen LogP contribution >= 0.6 is 15.9 Å². The van der Waals surface area contributed by atoms with Crippen LogP contribution in [0.2, 0.25) is 0 Å². The highest BCUT2D eigenvalue weighted by atomic mass is 79.9. The molecule has 0 fully saturated rings. The molecule has 1 aromatic carbocycles. The Morgan fingerprint density at radius 2 is 2.06 bits per heavy atom. The molecule has 0 aliphatic heterocycles. The number of nitrogens with zero attached hydrogens (tertiary/aromatic N) is 2. The fourth-order valence-corrected chi connectivity index (χ4v) is 1.47. The third kappa shape index (κ3) is 3.30. The third-order valence-corrected chi connectivity index (χ3v) is 3.25. The van der Waals surface area contributed by atoms with Crippen LogP contribution in [0.4, 0.5) is 0 Å². The molecule has 2 rings (SSSR count). The smallest absolute Gasteiger partial charge is 0.253 e. The van der Waals surface area contributed by atoms with Gasteiger partial charge in [-0.2, -0.15) is 0 Å². The van der Waals surface area contributed by atoms with Gasteiger partial charge in [0.2, 0.25) is 5.89 Å². The summed E-state index contributed by atoms with van der Waals surface area (Å²) >= 11 is 3.46. The summed E-state index contributed by atoms with van der Waals surface area (Å²) in [4.78, 5) is 0.112. The Morgan fingerprint density at radius 3 is 2.76 bits per heavy atom. The minimum Gasteiger partial charge on any atom is -0.484 e. The van der Waals surface area contributed by atoms with Gasteiger partial charge >= 0.3 is 0 Å². The SMILES string of the molecule is CCC(Br)c1nnc(COc2ccccc2)o1. The largest absolute Gasteiger partial charge is 0.484 e. The van der Waals surface area contributed by atoms with Crippen molar-refractivity contribution in [2.45, 2.75) is 24.8 Å². The van der Waals surface area contributed by atoms with Crippen LogP contribution in [0.15, 0.2) is 34.7 Å². The zero-order chi connectivity index (χ0) is 12.1. The Labute approximate surface area is 108 Å². The number of aromatic nitrogens is 2. The number of halogens is 1. The molecule has 0 spiro atoms. The van der Waals surface area contributed by atoms with Crippen LogP contribution in [0.1, 0.15) is 30.0 Å². The lowest BCUT2D eigenvalue weighted by molar-refractivity contribution is 0.258. The maximum absolute atomic E-state index is 5.51. The van der Waals surface area contributed by atoms with Gasteiger partial charge in [0, 0.05) is 0 Å². The van der Waals surface area contributed by atoms with Crippen molar-refractivity contribution < 1.29 is 9.15 Å². The lowest BCUT2D eigenvalue weighted by atomic mass is 10.3. The molecule has 1 atom stereocenters. The lowest BCUT2D eigenvalue weighted by Gasteiger charge is -2.02. The van der Waals surface area contributed by atoms with E-state index in [0.29, 0.717) is 18.4 Å². The van der Waals surface area contributed by atoms with E-state index in [1.807, 2.05) is 37.3 Å². The summed E-state index contributed by atoms with van der Waals surface area (Å²) in [5.74, 6) is 1.87. The monoisotopic (exact) mass is 296 g/mol. The van der Waals surface area contributed by atoms with Crippen LogP contribution in [0, 0.1) is 0 Å². The molecule has 0 saturated carbocycles. The molecule has 0 aliphatic rings. The molecule has 0 radical (unpaired) electrons. The van der Waals surface area contributed by atoms with Gasteiger partial charge in [0.15, 0.2) is 6.61 Å². The quantitative estimate of drug-likeness (QED) is 0.793. The van der Waals surface area contributed by atoms with Gasteiger partial charge in [-0.3, -0.25) is 0 Å². The summed E-state index contributed by atoms with van der Waals surface area (Å²) in [7, 11) is 0. The van der Waals surface area contributed by atoms with E-state index < -0.39 is 0 Å². The maximum atomic E-state index is 5.51. The highest BCUT2D eigenvalue weighted by Crippen LogP contribution is 2.24. The van der Waals surface area contributed by atoms with Crippen molar-refractivity contribution in [2.75, 3.05) is 0 Å². The second kappa shape index (κ2) is 5.82. The second-order valence-corrected chi connectivity index (χ2v) is 4.62. The Kier molecular flexibility index (Phi) is 4.14. The predicted octanol–water partition coefficient (Wildman–Crippen LogP) is 3.49. The molecule has 2 aromatic rings. The second-order valence-electron chi connectivity index (χ2n) is 3.51. The molecule has 0 N–H and O–H groups in total. The summed E-state index contributed by atoms with van der Waals surface area (Å²) in [6.07, 6.45) is 0.904. The number of hydrogen-bond acceptors (Lipinski definition) is 4. The van der Waals surface area contributed by atoms with Crippen molar-refractivity contribution in [3.63, 3.8) is 0 Å². The van der Waals surface area contributed by atoms with Crippen molar-refractivity contribution in [3.05, 3.63) is 42.1 Å². The van der Waals surface area contributed by atoms with Crippen LogP contribution in [0.5, 0.6) is 5.75 Å². The first kappa shape index (κ1) is 12.1. The average molecular weight is 297 g/mol. The minimum absolute atomic E-state index is 0.112. The van der Waals surface area contributed by atoms with E-state index in [-0.39, 0.29) is 4.83 Å². The van der Waals surface area contributed by atoms with Gasteiger partial charge in [-0.15, -0.1) is 10.2 Å². The Hall–Kier alpha value is -1.36. The predicted molar refractivity (Wildman–Crippen MR) is 67.0 cm³/mol. The average Bonchev–Trinajstić information content (AvgIpc) is 2.85. The molecule has 5 heteroatoms. The number of benzene rings is 1. The van der Waals surface area contributed by atoms with Gasteiger partial charge in [-0.25, -0.2) is 0 Å². The lowest BCUT2D eigenvalue weighted by Crippen LogP contribution is -1.95. The topological polar surface area (TPSA) is 48.2 Å². The molecule has 90 valence electrons. The van der Waals surface area contributed by atoms with E-state index in [2.05, 4.69) is 26.1 Å². The minimum atomic E-state index is 0.112. The van der Waals surface area contributed by atoms with Gasteiger partial charge in [-0.1, -0.05) is 41.1 Å². The van der Waals surface area contributed by atoms with Crippen molar-refractivity contribution in [1.82, 2.24) is 10.2 Å². The van der Waals surface area contributed by atoms with E-state index in [1.54, 1.807) is 0 Å². The van der Waals surface area contributed by atoms with Gasteiger partial charge in [0.25, 0.3) is 5.89 Å². The fourth-order valence-electron chi connectivity index (χ4n) is 1.29. The molecule has 0 amide bonds. The molecule has 17 heavy (non-hydrogen) atoms. The van der Waals surface area contributed by atoms with Gasteiger partial charge in [0.05, 0.1) is 4.83 Å². The Balaban J connectivity index is 1.94. The summed E-state index contributed by atoms with van der Waals surface area (Å²) in [6, 6.07) is 9.54. The highest BCUT2D eigenvalue weighted by molar-refractivity contribution is 9.09. The van der Waals surface area contributed by atoms with E-state index in [4.69, 9.17) is 9.15 Å². The van der Waals surface area contributed by atoms with E-state index in [0.717, 1.165) is 12.2 Å². The summed E-state index contributed by atoms with van der Waals surface area (Å²) in [5.41, 5.74) is 0. The highest BCUT2D eigenvalue weighted by Gasteiger charge is 2.13. The summed E-state index contributed by atoms with van der Waals surface area (Å²) in [6.45, 7) is 2.34. The third-order valence-electron chi connectivity index (χ3n) is 2.21. The summed E-state index contributed by atoms with van der Waals surface area (Å²) < 4.78 is 11.0. The molecular formula is C12H13BrN2O2. The van der Waals surface area contributed by atoms with Crippen LogP contribution in [-0.2, 0) is 6.61 Å². The van der Waals surface area contributed by atoms with Crippen molar-refractivity contribution in [3.8, 4) is 5.75 Å².